The van der Waals surface area contributed by atoms with Crippen LogP contribution < -0.4 is 11.1 Å². The van der Waals surface area contributed by atoms with E-state index in [0.717, 1.165) is 22.3 Å². The second-order valence-electron chi connectivity index (χ2n) is 5.01. The van der Waals surface area contributed by atoms with Gasteiger partial charge in [-0.2, -0.15) is 5.10 Å². The first-order chi connectivity index (χ1) is 10.1. The van der Waals surface area contributed by atoms with Crippen LogP contribution in [-0.4, -0.2) is 15.5 Å². The number of aromatic nitrogens is 2. The van der Waals surface area contributed by atoms with Gasteiger partial charge in [0.2, 0.25) is 0 Å². The molecule has 0 aliphatic carbocycles. The highest BCUT2D eigenvalue weighted by atomic mass is 16.1. The minimum atomic E-state index is -0.187. The number of benzene rings is 1. The number of nitrogens with one attached hydrogen (secondary N) is 1. The van der Waals surface area contributed by atoms with Crippen molar-refractivity contribution >= 4 is 22.8 Å². The van der Waals surface area contributed by atoms with Crippen molar-refractivity contribution < 1.29 is 4.79 Å². The van der Waals surface area contributed by atoms with E-state index in [2.05, 4.69) is 10.4 Å². The van der Waals surface area contributed by atoms with Crippen molar-refractivity contribution in [3.05, 3.63) is 59.4 Å². The Morgan fingerprint density at radius 2 is 2.05 bits per heavy atom. The number of hydrogen-bond acceptors (Lipinski definition) is 3. The number of pyridine rings is 1. The van der Waals surface area contributed by atoms with Crippen molar-refractivity contribution in [3.63, 3.8) is 0 Å². The van der Waals surface area contributed by atoms with Crippen LogP contribution in [-0.2, 0) is 0 Å². The van der Waals surface area contributed by atoms with Gasteiger partial charge in [0.25, 0.3) is 5.91 Å². The Hall–Kier alpha value is -2.82. The zero-order valence-electron chi connectivity index (χ0n) is 11.9. The second kappa shape index (κ2) is 4.94. The van der Waals surface area contributed by atoms with Crippen LogP contribution in [0.3, 0.4) is 0 Å². The average molecular weight is 280 g/mol. The van der Waals surface area contributed by atoms with Crippen molar-refractivity contribution in [2.24, 2.45) is 0 Å². The molecule has 0 bridgehead atoms. The Bertz CT molecular complexity index is 835. The molecule has 3 N–H and O–H groups in total. The Kier molecular flexibility index (Phi) is 3.10. The predicted octanol–water partition coefficient (Wildman–Crippen LogP) is 2.79. The third-order valence-electron chi connectivity index (χ3n) is 3.62. The molecule has 2 heterocycles. The number of nitrogen functional groups attached to an aromatic ring is 1. The number of aryl methyl sites for hydroxylation is 1. The van der Waals surface area contributed by atoms with Gasteiger partial charge in [0.05, 0.1) is 17.3 Å². The van der Waals surface area contributed by atoms with Crippen molar-refractivity contribution in [3.8, 4) is 0 Å². The second-order valence-corrected chi connectivity index (χ2v) is 5.01. The van der Waals surface area contributed by atoms with Gasteiger partial charge in [0, 0.05) is 17.6 Å². The number of rotatable bonds is 2. The molecule has 0 aliphatic heterocycles. The van der Waals surface area contributed by atoms with E-state index in [0.29, 0.717) is 11.3 Å². The topological polar surface area (TPSA) is 72.4 Å². The van der Waals surface area contributed by atoms with Crippen LogP contribution in [0.2, 0.25) is 0 Å². The monoisotopic (exact) mass is 280 g/mol. The average Bonchev–Trinajstić information content (AvgIpc) is 2.91. The van der Waals surface area contributed by atoms with Gasteiger partial charge in [-0.1, -0.05) is 12.1 Å². The normalized spacial score (nSPS) is 10.8. The molecule has 3 rings (SSSR count). The number of hydrogen-bond donors (Lipinski definition) is 2. The third-order valence-corrected chi connectivity index (χ3v) is 3.62. The fraction of sp³-hybridized carbons (Fsp3) is 0.125. The van der Waals surface area contributed by atoms with Crippen molar-refractivity contribution in [2.75, 3.05) is 11.1 Å². The Balaban J connectivity index is 1.99. The van der Waals surface area contributed by atoms with Gasteiger partial charge in [-0.15, -0.1) is 0 Å². The molecule has 0 spiro atoms. The lowest BCUT2D eigenvalue weighted by molar-refractivity contribution is 0.102. The van der Waals surface area contributed by atoms with E-state index >= 15 is 0 Å². The van der Waals surface area contributed by atoms with Gasteiger partial charge >= 0.3 is 0 Å². The van der Waals surface area contributed by atoms with Crippen LogP contribution in [0, 0.1) is 13.8 Å². The van der Waals surface area contributed by atoms with Crippen LogP contribution in [0.5, 0.6) is 0 Å². The number of amides is 1. The SMILES string of the molecule is Cc1ccc(N)c(C)c1NC(=O)c1cnn2ccccc12. The molecule has 0 atom stereocenters. The largest absolute Gasteiger partial charge is 0.398 e. The summed E-state index contributed by atoms with van der Waals surface area (Å²) in [4.78, 5) is 12.5. The number of anilines is 2. The van der Waals surface area contributed by atoms with Gasteiger partial charge in [-0.05, 0) is 43.2 Å². The fourth-order valence-electron chi connectivity index (χ4n) is 2.35. The Labute approximate surface area is 122 Å². The summed E-state index contributed by atoms with van der Waals surface area (Å²) in [6, 6.07) is 9.35. The van der Waals surface area contributed by atoms with Gasteiger partial charge in [0.15, 0.2) is 0 Å². The van der Waals surface area contributed by atoms with E-state index in [1.165, 1.54) is 0 Å². The molecular formula is C16H16N4O. The molecule has 0 saturated heterocycles. The van der Waals surface area contributed by atoms with E-state index in [9.17, 15) is 4.79 Å². The van der Waals surface area contributed by atoms with Crippen LogP contribution in [0.1, 0.15) is 21.5 Å². The van der Waals surface area contributed by atoms with E-state index < -0.39 is 0 Å². The molecule has 0 radical (unpaired) electrons. The standard InChI is InChI=1S/C16H16N4O/c1-10-6-7-13(17)11(2)15(10)19-16(21)12-9-18-20-8-4-3-5-14(12)20/h3-9H,17H2,1-2H3,(H,19,21). The number of carbonyl (C=O) groups is 1. The molecule has 5 heteroatoms. The van der Waals surface area contributed by atoms with Crippen LogP contribution >= 0.6 is 0 Å². The summed E-state index contributed by atoms with van der Waals surface area (Å²) in [6.45, 7) is 3.84. The maximum Gasteiger partial charge on any atom is 0.259 e. The van der Waals surface area contributed by atoms with Crippen LogP contribution in [0.15, 0.2) is 42.7 Å². The molecule has 3 aromatic rings. The van der Waals surface area contributed by atoms with Crippen LogP contribution in [0.25, 0.3) is 5.52 Å². The molecule has 1 amide bonds. The zero-order valence-corrected chi connectivity index (χ0v) is 11.9. The van der Waals surface area contributed by atoms with Crippen molar-refractivity contribution in [2.45, 2.75) is 13.8 Å². The molecule has 0 fully saturated rings. The molecule has 0 aliphatic rings. The van der Waals surface area contributed by atoms with Gasteiger partial charge in [-0.25, -0.2) is 4.52 Å². The van der Waals surface area contributed by atoms with E-state index in [4.69, 9.17) is 5.73 Å². The first kappa shape index (κ1) is 13.2. The highest BCUT2D eigenvalue weighted by Gasteiger charge is 2.15. The summed E-state index contributed by atoms with van der Waals surface area (Å²) in [5, 5.41) is 7.12. The van der Waals surface area contributed by atoms with E-state index in [1.54, 1.807) is 10.7 Å². The summed E-state index contributed by atoms with van der Waals surface area (Å²) >= 11 is 0. The van der Waals surface area contributed by atoms with E-state index in [-0.39, 0.29) is 5.91 Å². The number of nitrogens with zero attached hydrogens (tertiary/aromatic N) is 2. The summed E-state index contributed by atoms with van der Waals surface area (Å²) in [6.07, 6.45) is 3.38. The Morgan fingerprint density at radius 3 is 2.86 bits per heavy atom. The maximum absolute atomic E-state index is 12.5. The summed E-state index contributed by atoms with van der Waals surface area (Å²) in [5.41, 5.74) is 10.5. The summed E-state index contributed by atoms with van der Waals surface area (Å²) < 4.78 is 1.67. The molecule has 2 aromatic heterocycles. The summed E-state index contributed by atoms with van der Waals surface area (Å²) in [7, 11) is 0. The lowest BCUT2D eigenvalue weighted by Gasteiger charge is -2.13. The fourth-order valence-corrected chi connectivity index (χ4v) is 2.35. The maximum atomic E-state index is 12.5. The zero-order chi connectivity index (χ0) is 15.0. The minimum absolute atomic E-state index is 0.187. The predicted molar refractivity (Wildman–Crippen MR) is 83.5 cm³/mol. The molecule has 106 valence electrons. The molecule has 5 nitrogen and oxygen atoms in total. The van der Waals surface area contributed by atoms with Crippen molar-refractivity contribution in [1.29, 1.82) is 0 Å². The lowest BCUT2D eigenvalue weighted by atomic mass is 10.1. The van der Waals surface area contributed by atoms with E-state index in [1.807, 2.05) is 50.4 Å². The number of nitrogens with two attached hydrogens (primary N) is 1. The van der Waals surface area contributed by atoms with Crippen molar-refractivity contribution in [1.82, 2.24) is 9.61 Å². The third kappa shape index (κ3) is 2.23. The highest BCUT2D eigenvalue weighted by molar-refractivity contribution is 6.09. The first-order valence-electron chi connectivity index (χ1n) is 6.67. The molecular weight excluding hydrogens is 264 g/mol. The lowest BCUT2D eigenvalue weighted by Crippen LogP contribution is -2.14. The first-order valence-corrected chi connectivity index (χ1v) is 6.67. The van der Waals surface area contributed by atoms with Gasteiger partial charge < -0.3 is 11.1 Å². The minimum Gasteiger partial charge on any atom is -0.398 e. The highest BCUT2D eigenvalue weighted by Crippen LogP contribution is 2.26. The van der Waals surface area contributed by atoms with Crippen LogP contribution in [0.4, 0.5) is 11.4 Å². The Morgan fingerprint density at radius 1 is 1.24 bits per heavy atom. The smallest absolute Gasteiger partial charge is 0.259 e. The quantitative estimate of drug-likeness (QED) is 0.709. The molecule has 1 aromatic carbocycles. The van der Waals surface area contributed by atoms with Gasteiger partial charge in [0.1, 0.15) is 0 Å². The van der Waals surface area contributed by atoms with Gasteiger partial charge in [-0.3, -0.25) is 4.79 Å². The molecule has 0 unspecified atom stereocenters. The number of carbonyl (C=O) groups excluding carboxylic acids is 1. The summed E-state index contributed by atoms with van der Waals surface area (Å²) in [5.74, 6) is -0.187. The molecule has 21 heavy (non-hydrogen) atoms. The molecule has 0 saturated carbocycles. The number of fused-ring (bicyclic) bond motifs is 1.